The molecule has 0 radical (unpaired) electrons. The number of carbonyl (C=O) groups is 1. The molecule has 172 valence electrons. The van der Waals surface area contributed by atoms with Crippen molar-refractivity contribution in [2.24, 2.45) is 0 Å². The Morgan fingerprint density at radius 3 is 2.73 bits per heavy atom. The fourth-order valence-corrected chi connectivity index (χ4v) is 4.19. The molecule has 0 spiro atoms. The monoisotopic (exact) mass is 448 g/mol. The molecule has 0 bridgehead atoms. The summed E-state index contributed by atoms with van der Waals surface area (Å²) in [4.78, 5) is 17.4. The van der Waals surface area contributed by atoms with Crippen LogP contribution in [-0.2, 0) is 13.2 Å². The van der Waals surface area contributed by atoms with Crippen molar-refractivity contribution in [1.82, 2.24) is 10.3 Å². The van der Waals surface area contributed by atoms with Crippen LogP contribution in [-0.4, -0.2) is 22.1 Å². The lowest BCUT2D eigenvalue weighted by Gasteiger charge is -2.24. The number of nitrogens with one attached hydrogen (secondary N) is 1. The first-order valence-corrected chi connectivity index (χ1v) is 11.4. The molecule has 4 rings (SSSR count). The van der Waals surface area contributed by atoms with Gasteiger partial charge in [0.05, 0.1) is 18.3 Å². The smallest absolute Gasteiger partial charge is 0.255 e. The molecule has 1 aliphatic rings. The number of ether oxygens (including phenoxy) is 1. The fourth-order valence-electron chi connectivity index (χ4n) is 4.19. The van der Waals surface area contributed by atoms with E-state index < -0.39 is 0 Å². The highest BCUT2D eigenvalue weighted by Gasteiger charge is 2.20. The van der Waals surface area contributed by atoms with E-state index in [-0.39, 0.29) is 31.0 Å². The summed E-state index contributed by atoms with van der Waals surface area (Å²) in [5.41, 5.74) is 3.93. The van der Waals surface area contributed by atoms with E-state index >= 15 is 0 Å². The van der Waals surface area contributed by atoms with Gasteiger partial charge < -0.3 is 15.2 Å². The minimum atomic E-state index is -0.293. The molecule has 33 heavy (non-hydrogen) atoms. The molecular weight excluding hydrogens is 419 g/mol. The molecule has 2 aromatic carbocycles. The van der Waals surface area contributed by atoms with Crippen molar-refractivity contribution in [3.8, 4) is 16.9 Å². The third-order valence-electron chi connectivity index (χ3n) is 6.15. The van der Waals surface area contributed by atoms with Crippen LogP contribution in [0.15, 0.2) is 54.9 Å². The number of aromatic nitrogens is 1. The molecule has 3 aromatic rings. The lowest BCUT2D eigenvalue weighted by Crippen LogP contribution is -2.26. The number of halogens is 1. The molecule has 1 heterocycles. The molecule has 1 saturated carbocycles. The van der Waals surface area contributed by atoms with Crippen LogP contribution in [0.2, 0.25) is 0 Å². The van der Waals surface area contributed by atoms with Crippen LogP contribution in [0.3, 0.4) is 0 Å². The van der Waals surface area contributed by atoms with Gasteiger partial charge in [-0.15, -0.1) is 0 Å². The Morgan fingerprint density at radius 2 is 1.97 bits per heavy atom. The molecular formula is C27H29FN2O3. The third-order valence-corrected chi connectivity index (χ3v) is 6.15. The SMILES string of the molecule is Cc1ccc(CNC(=O)c2cc(-c3cnccc3CO)ccc2OC2CCCCC2)cc1F. The van der Waals surface area contributed by atoms with E-state index in [9.17, 15) is 14.3 Å². The lowest BCUT2D eigenvalue weighted by atomic mass is 9.97. The van der Waals surface area contributed by atoms with E-state index in [1.165, 1.54) is 12.5 Å². The Hall–Kier alpha value is -3.25. The average Bonchev–Trinajstić information content (AvgIpc) is 2.85. The van der Waals surface area contributed by atoms with Crippen LogP contribution in [0.5, 0.6) is 5.75 Å². The van der Waals surface area contributed by atoms with Gasteiger partial charge in [0.2, 0.25) is 0 Å². The van der Waals surface area contributed by atoms with Crippen molar-refractivity contribution in [3.63, 3.8) is 0 Å². The molecule has 0 unspecified atom stereocenters. The van der Waals surface area contributed by atoms with E-state index in [1.54, 1.807) is 43.6 Å². The summed E-state index contributed by atoms with van der Waals surface area (Å²) in [6.45, 7) is 1.79. The van der Waals surface area contributed by atoms with Crippen LogP contribution in [0.4, 0.5) is 4.39 Å². The number of hydrogen-bond donors (Lipinski definition) is 2. The minimum Gasteiger partial charge on any atom is -0.490 e. The minimum absolute atomic E-state index is 0.0914. The van der Waals surface area contributed by atoms with Crippen molar-refractivity contribution < 1.29 is 19.0 Å². The second kappa shape index (κ2) is 10.6. The molecule has 1 aromatic heterocycles. The first-order chi connectivity index (χ1) is 16.0. The second-order valence-electron chi connectivity index (χ2n) is 8.55. The van der Waals surface area contributed by atoms with Gasteiger partial charge in [-0.05, 0) is 79.1 Å². The number of hydrogen-bond acceptors (Lipinski definition) is 4. The zero-order valence-electron chi connectivity index (χ0n) is 18.8. The van der Waals surface area contributed by atoms with Crippen LogP contribution < -0.4 is 10.1 Å². The van der Waals surface area contributed by atoms with Gasteiger partial charge in [-0.25, -0.2) is 4.39 Å². The lowest BCUT2D eigenvalue weighted by molar-refractivity contribution is 0.0939. The summed E-state index contributed by atoms with van der Waals surface area (Å²) in [5.74, 6) is -0.0519. The van der Waals surface area contributed by atoms with Crippen LogP contribution in [0.1, 0.15) is 59.2 Å². The standard InChI is InChI=1S/C27H29FN2O3/c1-18-7-8-19(13-25(18)28)15-30-27(32)23-14-20(24-16-29-12-11-21(24)17-31)9-10-26(23)33-22-5-3-2-4-6-22/h7-14,16,22,31H,2-6,15,17H2,1H3,(H,30,32). The van der Waals surface area contributed by atoms with Crippen molar-refractivity contribution in [1.29, 1.82) is 0 Å². The van der Waals surface area contributed by atoms with E-state index in [1.807, 2.05) is 12.1 Å². The molecule has 0 aliphatic heterocycles. The van der Waals surface area contributed by atoms with Gasteiger partial charge in [0.15, 0.2) is 0 Å². The predicted molar refractivity (Wildman–Crippen MR) is 125 cm³/mol. The summed E-state index contributed by atoms with van der Waals surface area (Å²) >= 11 is 0. The molecule has 1 amide bonds. The molecule has 0 saturated heterocycles. The Kier molecular flexibility index (Phi) is 7.35. The first kappa shape index (κ1) is 22.9. The molecule has 5 nitrogen and oxygen atoms in total. The summed E-state index contributed by atoms with van der Waals surface area (Å²) in [5, 5.41) is 12.6. The predicted octanol–water partition coefficient (Wildman–Crippen LogP) is 5.33. The van der Waals surface area contributed by atoms with Crippen LogP contribution in [0.25, 0.3) is 11.1 Å². The van der Waals surface area contributed by atoms with Crippen LogP contribution >= 0.6 is 0 Å². The maximum Gasteiger partial charge on any atom is 0.255 e. The van der Waals surface area contributed by atoms with Gasteiger partial charge >= 0.3 is 0 Å². The Balaban J connectivity index is 1.62. The van der Waals surface area contributed by atoms with E-state index in [4.69, 9.17) is 4.74 Å². The van der Waals surface area contributed by atoms with Crippen LogP contribution in [0, 0.1) is 12.7 Å². The number of carbonyl (C=O) groups excluding carboxylic acids is 1. The summed E-state index contributed by atoms with van der Waals surface area (Å²) < 4.78 is 20.2. The summed E-state index contributed by atoms with van der Waals surface area (Å²) in [6, 6.07) is 12.2. The van der Waals surface area contributed by atoms with Gasteiger partial charge in [-0.1, -0.05) is 24.6 Å². The maximum atomic E-state index is 13.9. The topological polar surface area (TPSA) is 71.5 Å². The number of pyridine rings is 1. The number of amides is 1. The number of aliphatic hydroxyl groups excluding tert-OH is 1. The van der Waals surface area contributed by atoms with E-state index in [0.717, 1.165) is 42.4 Å². The molecule has 6 heteroatoms. The Morgan fingerprint density at radius 1 is 1.15 bits per heavy atom. The van der Waals surface area contributed by atoms with Gasteiger partial charge in [0, 0.05) is 24.5 Å². The average molecular weight is 449 g/mol. The summed E-state index contributed by atoms with van der Waals surface area (Å²) in [6.07, 6.45) is 8.81. The van der Waals surface area contributed by atoms with Gasteiger partial charge in [-0.2, -0.15) is 0 Å². The Bertz CT molecular complexity index is 1130. The summed E-state index contributed by atoms with van der Waals surface area (Å²) in [7, 11) is 0. The van der Waals surface area contributed by atoms with Gasteiger partial charge in [0.25, 0.3) is 5.91 Å². The fraction of sp³-hybridized carbons (Fsp3) is 0.333. The number of rotatable bonds is 7. The van der Waals surface area contributed by atoms with Gasteiger partial charge in [-0.3, -0.25) is 9.78 Å². The van der Waals surface area contributed by atoms with Crippen molar-refractivity contribution in [2.45, 2.75) is 58.3 Å². The quantitative estimate of drug-likeness (QED) is 0.513. The number of nitrogens with zero attached hydrogens (tertiary/aromatic N) is 1. The third kappa shape index (κ3) is 5.57. The number of aliphatic hydroxyl groups is 1. The maximum absolute atomic E-state index is 13.9. The number of benzene rings is 2. The highest BCUT2D eigenvalue weighted by atomic mass is 19.1. The highest BCUT2D eigenvalue weighted by molar-refractivity contribution is 5.98. The molecule has 2 N–H and O–H groups in total. The normalized spacial score (nSPS) is 14.2. The molecule has 0 atom stereocenters. The van der Waals surface area contributed by atoms with Gasteiger partial charge in [0.1, 0.15) is 11.6 Å². The second-order valence-corrected chi connectivity index (χ2v) is 8.55. The van der Waals surface area contributed by atoms with Crippen molar-refractivity contribution >= 4 is 5.91 Å². The zero-order valence-corrected chi connectivity index (χ0v) is 18.8. The first-order valence-electron chi connectivity index (χ1n) is 11.4. The van der Waals surface area contributed by atoms with Crippen molar-refractivity contribution in [2.75, 3.05) is 0 Å². The van der Waals surface area contributed by atoms with E-state index in [2.05, 4.69) is 10.3 Å². The highest BCUT2D eigenvalue weighted by Crippen LogP contribution is 2.31. The van der Waals surface area contributed by atoms with E-state index in [0.29, 0.717) is 22.4 Å². The number of aryl methyl sites for hydroxylation is 1. The Labute approximate surface area is 193 Å². The molecule has 1 fully saturated rings. The molecule has 1 aliphatic carbocycles. The zero-order chi connectivity index (χ0) is 23.2. The largest absolute Gasteiger partial charge is 0.490 e. The van der Waals surface area contributed by atoms with Crippen molar-refractivity contribution in [3.05, 3.63) is 82.9 Å².